The van der Waals surface area contributed by atoms with Gasteiger partial charge in [-0.05, 0) is 51.8 Å². The molecule has 0 unspecified atom stereocenters. The van der Waals surface area contributed by atoms with E-state index in [0.29, 0.717) is 13.1 Å². The zero-order chi connectivity index (χ0) is 21.6. The molecule has 4 aromatic rings. The molecule has 3 aromatic heterocycles. The minimum Gasteiger partial charge on any atom is -0.444 e. The zero-order valence-corrected chi connectivity index (χ0v) is 18.0. The summed E-state index contributed by atoms with van der Waals surface area (Å²) in [5, 5.41) is 14.5. The summed E-state index contributed by atoms with van der Waals surface area (Å²) < 4.78 is 7.63. The summed E-state index contributed by atoms with van der Waals surface area (Å²) >= 11 is 0. The number of hydrogen-bond donors (Lipinski definition) is 1. The molecule has 1 N–H and O–H groups in total. The molecule has 0 radical (unpaired) electrons. The van der Waals surface area contributed by atoms with E-state index in [0.717, 1.165) is 46.2 Å². The Morgan fingerprint density at radius 2 is 1.81 bits per heavy atom. The first-order valence-corrected chi connectivity index (χ1v) is 10.7. The van der Waals surface area contributed by atoms with Gasteiger partial charge in [0.25, 0.3) is 0 Å². The largest absolute Gasteiger partial charge is 0.444 e. The van der Waals surface area contributed by atoms with Gasteiger partial charge in [0.2, 0.25) is 0 Å². The Labute approximate surface area is 180 Å². The molecule has 1 fully saturated rings. The fraction of sp³-hybridized carbons (Fsp3) is 0.391. The molecule has 4 heterocycles. The highest BCUT2D eigenvalue weighted by Crippen LogP contribution is 2.34. The van der Waals surface area contributed by atoms with E-state index in [1.807, 2.05) is 45.0 Å². The molecule has 5 rings (SSSR count). The lowest BCUT2D eigenvalue weighted by molar-refractivity contribution is 0.0186. The van der Waals surface area contributed by atoms with Crippen LogP contribution in [0.1, 0.15) is 39.7 Å². The fourth-order valence-corrected chi connectivity index (χ4v) is 4.20. The van der Waals surface area contributed by atoms with Crippen LogP contribution in [0.25, 0.3) is 33.3 Å². The summed E-state index contributed by atoms with van der Waals surface area (Å²) in [5.74, 6) is 0. The monoisotopic (exact) mass is 418 g/mol. The molecule has 0 spiro atoms. The first-order valence-electron chi connectivity index (χ1n) is 10.7. The summed E-state index contributed by atoms with van der Waals surface area (Å²) in [6, 6.07) is 12.4. The van der Waals surface area contributed by atoms with E-state index < -0.39 is 5.60 Å². The third-order valence-corrected chi connectivity index (χ3v) is 5.64. The molecule has 0 saturated carbocycles. The van der Waals surface area contributed by atoms with E-state index in [1.54, 1.807) is 11.1 Å². The van der Waals surface area contributed by atoms with Gasteiger partial charge in [-0.1, -0.05) is 18.2 Å². The fourth-order valence-electron chi connectivity index (χ4n) is 4.20. The van der Waals surface area contributed by atoms with Crippen molar-refractivity contribution in [2.45, 2.75) is 45.3 Å². The van der Waals surface area contributed by atoms with Gasteiger partial charge in [-0.2, -0.15) is 10.2 Å². The Morgan fingerprint density at radius 1 is 1.06 bits per heavy atom. The molecule has 1 amide bonds. The van der Waals surface area contributed by atoms with E-state index in [1.165, 1.54) is 0 Å². The van der Waals surface area contributed by atoms with Crippen molar-refractivity contribution in [3.63, 3.8) is 0 Å². The summed E-state index contributed by atoms with van der Waals surface area (Å²) in [6.45, 7) is 6.98. The standard InChI is InChI=1S/C23H26N6O2/c1-23(2,3)31-22(30)28-13-10-15(11-14-28)29-18-9-5-4-7-16(18)20(27-29)19-17-8-6-12-24-21(17)26-25-19/h4-9,12,15H,10-11,13-14H2,1-3H3,(H,24,25,26). The van der Waals surface area contributed by atoms with Gasteiger partial charge < -0.3 is 9.64 Å². The number of benzene rings is 1. The molecule has 8 heteroatoms. The Bertz CT molecular complexity index is 1240. The maximum absolute atomic E-state index is 12.4. The van der Waals surface area contributed by atoms with Crippen molar-refractivity contribution < 1.29 is 9.53 Å². The second-order valence-electron chi connectivity index (χ2n) is 8.98. The molecule has 1 aliphatic heterocycles. The molecule has 160 valence electrons. The lowest BCUT2D eigenvalue weighted by Crippen LogP contribution is -2.42. The minimum atomic E-state index is -0.484. The van der Waals surface area contributed by atoms with Gasteiger partial charge in [0.05, 0.1) is 11.6 Å². The Balaban J connectivity index is 1.45. The normalized spacial score (nSPS) is 15.6. The molecule has 31 heavy (non-hydrogen) atoms. The average Bonchev–Trinajstić information content (AvgIpc) is 3.34. The first kappa shape index (κ1) is 19.5. The van der Waals surface area contributed by atoms with Crippen LogP contribution in [-0.2, 0) is 4.74 Å². The molecule has 0 aliphatic carbocycles. The van der Waals surface area contributed by atoms with Crippen LogP contribution < -0.4 is 0 Å². The van der Waals surface area contributed by atoms with Gasteiger partial charge in [0.15, 0.2) is 5.65 Å². The van der Waals surface area contributed by atoms with Gasteiger partial charge in [-0.3, -0.25) is 9.78 Å². The van der Waals surface area contributed by atoms with Crippen molar-refractivity contribution in [1.29, 1.82) is 0 Å². The number of aromatic nitrogens is 5. The Morgan fingerprint density at radius 3 is 2.58 bits per heavy atom. The summed E-state index contributed by atoms with van der Waals surface area (Å²) in [7, 11) is 0. The van der Waals surface area contributed by atoms with Gasteiger partial charge in [0, 0.05) is 30.1 Å². The van der Waals surface area contributed by atoms with Crippen LogP contribution in [-0.4, -0.2) is 54.6 Å². The smallest absolute Gasteiger partial charge is 0.410 e. The summed E-state index contributed by atoms with van der Waals surface area (Å²) in [5.41, 5.74) is 3.01. The number of nitrogens with zero attached hydrogens (tertiary/aromatic N) is 5. The van der Waals surface area contributed by atoms with Crippen LogP contribution in [0.15, 0.2) is 42.6 Å². The first-order chi connectivity index (χ1) is 14.9. The molecule has 8 nitrogen and oxygen atoms in total. The minimum absolute atomic E-state index is 0.209. The number of rotatable bonds is 2. The number of pyridine rings is 1. The van der Waals surface area contributed by atoms with Crippen LogP contribution in [0.4, 0.5) is 4.79 Å². The SMILES string of the molecule is CC(C)(C)OC(=O)N1CCC(n2nc(-c3n[nH]c4ncccc34)c3ccccc32)CC1. The number of H-pyrrole nitrogens is 1. The topological polar surface area (TPSA) is 88.9 Å². The highest BCUT2D eigenvalue weighted by Gasteiger charge is 2.29. The Hall–Kier alpha value is -3.42. The number of likely N-dealkylation sites (tertiary alicyclic amines) is 1. The third kappa shape index (κ3) is 3.62. The molecule has 1 aliphatic rings. The molecule has 1 aromatic carbocycles. The van der Waals surface area contributed by atoms with Crippen molar-refractivity contribution >= 4 is 28.0 Å². The number of carbonyl (C=O) groups is 1. The summed E-state index contributed by atoms with van der Waals surface area (Å²) in [4.78, 5) is 18.6. The molecule has 0 atom stereocenters. The number of fused-ring (bicyclic) bond motifs is 2. The number of nitrogens with one attached hydrogen (secondary N) is 1. The predicted molar refractivity (Wildman–Crippen MR) is 119 cm³/mol. The van der Waals surface area contributed by atoms with Crippen LogP contribution in [0, 0.1) is 0 Å². The molecular weight excluding hydrogens is 392 g/mol. The maximum Gasteiger partial charge on any atom is 0.410 e. The van der Waals surface area contributed by atoms with Crippen molar-refractivity contribution in [1.82, 2.24) is 29.9 Å². The average molecular weight is 419 g/mol. The van der Waals surface area contributed by atoms with Gasteiger partial charge in [0.1, 0.15) is 17.0 Å². The van der Waals surface area contributed by atoms with Crippen molar-refractivity contribution in [3.8, 4) is 11.4 Å². The quantitative estimate of drug-likeness (QED) is 0.516. The molecular formula is C23H26N6O2. The van der Waals surface area contributed by atoms with Crippen molar-refractivity contribution in [2.75, 3.05) is 13.1 Å². The second-order valence-corrected chi connectivity index (χ2v) is 8.98. The lowest BCUT2D eigenvalue weighted by atomic mass is 10.1. The number of piperidine rings is 1. The van der Waals surface area contributed by atoms with E-state index in [9.17, 15) is 4.79 Å². The van der Waals surface area contributed by atoms with Crippen molar-refractivity contribution in [3.05, 3.63) is 42.6 Å². The van der Waals surface area contributed by atoms with Gasteiger partial charge in [-0.15, -0.1) is 0 Å². The second kappa shape index (κ2) is 7.37. The van der Waals surface area contributed by atoms with Crippen LogP contribution >= 0.6 is 0 Å². The highest BCUT2D eigenvalue weighted by atomic mass is 16.6. The maximum atomic E-state index is 12.4. The number of carbonyl (C=O) groups excluding carboxylic acids is 1. The van der Waals surface area contributed by atoms with E-state index in [4.69, 9.17) is 9.84 Å². The van der Waals surface area contributed by atoms with Crippen LogP contribution in [0.2, 0.25) is 0 Å². The Kier molecular flexibility index (Phi) is 4.64. The zero-order valence-electron chi connectivity index (χ0n) is 18.0. The summed E-state index contributed by atoms with van der Waals surface area (Å²) in [6.07, 6.45) is 3.16. The van der Waals surface area contributed by atoms with Gasteiger partial charge >= 0.3 is 6.09 Å². The van der Waals surface area contributed by atoms with Gasteiger partial charge in [-0.25, -0.2) is 9.78 Å². The predicted octanol–water partition coefficient (Wildman–Crippen LogP) is 4.55. The number of aromatic amines is 1. The highest BCUT2D eigenvalue weighted by molar-refractivity contribution is 6.00. The lowest BCUT2D eigenvalue weighted by Gasteiger charge is -2.33. The van der Waals surface area contributed by atoms with Crippen LogP contribution in [0.3, 0.4) is 0 Å². The molecule has 1 saturated heterocycles. The van der Waals surface area contributed by atoms with E-state index in [-0.39, 0.29) is 12.1 Å². The number of amides is 1. The van der Waals surface area contributed by atoms with E-state index in [2.05, 4.69) is 32.0 Å². The van der Waals surface area contributed by atoms with Crippen molar-refractivity contribution in [2.24, 2.45) is 0 Å². The van der Waals surface area contributed by atoms with Crippen LogP contribution in [0.5, 0.6) is 0 Å². The number of para-hydroxylation sites is 1. The number of ether oxygens (including phenoxy) is 1. The third-order valence-electron chi connectivity index (χ3n) is 5.64. The van der Waals surface area contributed by atoms with E-state index >= 15 is 0 Å². The molecule has 0 bridgehead atoms. The number of hydrogen-bond acceptors (Lipinski definition) is 5.